The second-order valence-electron chi connectivity index (χ2n) is 21.3. The highest BCUT2D eigenvalue weighted by Gasteiger charge is 2.19. The van der Waals surface area contributed by atoms with Crippen LogP contribution < -0.4 is 0 Å². The molecule has 0 saturated heterocycles. The van der Waals surface area contributed by atoms with Crippen LogP contribution in [0.4, 0.5) is 0 Å². The van der Waals surface area contributed by atoms with Crippen LogP contribution >= 0.6 is 0 Å². The molecule has 0 radical (unpaired) electrons. The predicted octanol–water partition coefficient (Wildman–Crippen LogP) is 22.4. The van der Waals surface area contributed by atoms with Gasteiger partial charge in [0, 0.05) is 19.3 Å². The van der Waals surface area contributed by atoms with Crippen LogP contribution in [0.15, 0.2) is 122 Å². The molecule has 0 aromatic heterocycles. The Balaban J connectivity index is 4.47. The van der Waals surface area contributed by atoms with Gasteiger partial charge in [0.2, 0.25) is 0 Å². The average molecular weight is 1080 g/mol. The second kappa shape index (κ2) is 65.3. The van der Waals surface area contributed by atoms with Gasteiger partial charge in [-0.2, -0.15) is 0 Å². The molecule has 0 aliphatic heterocycles. The minimum Gasteiger partial charge on any atom is -0.462 e. The first kappa shape index (κ1) is 73.8. The van der Waals surface area contributed by atoms with Crippen LogP contribution in [0, 0.1) is 0 Å². The van der Waals surface area contributed by atoms with Gasteiger partial charge in [0.25, 0.3) is 0 Å². The van der Waals surface area contributed by atoms with Crippen LogP contribution in [-0.4, -0.2) is 37.2 Å². The Kier molecular flexibility index (Phi) is 61.8. The highest BCUT2D eigenvalue weighted by Crippen LogP contribution is 2.17. The van der Waals surface area contributed by atoms with Crippen molar-refractivity contribution < 1.29 is 28.6 Å². The van der Waals surface area contributed by atoms with Crippen LogP contribution in [-0.2, 0) is 28.6 Å². The summed E-state index contributed by atoms with van der Waals surface area (Å²) in [5.74, 6) is -0.977. The molecule has 0 rings (SSSR count). The van der Waals surface area contributed by atoms with Crippen molar-refractivity contribution in [2.24, 2.45) is 0 Å². The Morgan fingerprint density at radius 1 is 0.269 bits per heavy atom. The Morgan fingerprint density at radius 2 is 0.513 bits per heavy atom. The van der Waals surface area contributed by atoms with Crippen molar-refractivity contribution in [1.82, 2.24) is 0 Å². The third kappa shape index (κ3) is 62.7. The lowest BCUT2D eigenvalue weighted by atomic mass is 10.0. The number of ether oxygens (including phenoxy) is 3. The number of hydrogen-bond donors (Lipinski definition) is 0. The van der Waals surface area contributed by atoms with E-state index < -0.39 is 6.10 Å². The minimum atomic E-state index is -0.815. The van der Waals surface area contributed by atoms with Crippen LogP contribution in [0.5, 0.6) is 0 Å². The highest BCUT2D eigenvalue weighted by atomic mass is 16.6. The lowest BCUT2D eigenvalue weighted by Gasteiger charge is -2.18. The molecule has 0 aromatic rings. The van der Waals surface area contributed by atoms with E-state index in [0.717, 1.165) is 128 Å². The third-order valence-corrected chi connectivity index (χ3v) is 13.7. The van der Waals surface area contributed by atoms with Gasteiger partial charge in [-0.1, -0.05) is 296 Å². The van der Waals surface area contributed by atoms with Gasteiger partial charge in [-0.15, -0.1) is 0 Å². The lowest BCUT2D eigenvalue weighted by molar-refractivity contribution is -0.167. The molecule has 78 heavy (non-hydrogen) atoms. The smallest absolute Gasteiger partial charge is 0.306 e. The Hall–Kier alpha value is -4.19. The van der Waals surface area contributed by atoms with Gasteiger partial charge < -0.3 is 14.2 Å². The van der Waals surface area contributed by atoms with E-state index in [0.29, 0.717) is 19.3 Å². The van der Waals surface area contributed by atoms with Gasteiger partial charge in [-0.3, -0.25) is 14.4 Å². The molecule has 0 heterocycles. The molecule has 0 fully saturated rings. The fraction of sp³-hybridized carbons (Fsp3) is 0.681. The van der Waals surface area contributed by atoms with Crippen molar-refractivity contribution >= 4 is 17.9 Å². The zero-order valence-corrected chi connectivity index (χ0v) is 50.9. The zero-order chi connectivity index (χ0) is 56.4. The van der Waals surface area contributed by atoms with E-state index >= 15 is 0 Å². The van der Waals surface area contributed by atoms with Gasteiger partial charge in [0.1, 0.15) is 13.2 Å². The van der Waals surface area contributed by atoms with Crippen molar-refractivity contribution in [3.63, 3.8) is 0 Å². The second-order valence-corrected chi connectivity index (χ2v) is 21.3. The number of allylic oxidation sites excluding steroid dienone is 20. The van der Waals surface area contributed by atoms with E-state index in [1.807, 2.05) is 0 Å². The van der Waals surface area contributed by atoms with Crippen molar-refractivity contribution in [1.29, 1.82) is 0 Å². The summed E-state index contributed by atoms with van der Waals surface area (Å²) in [6, 6.07) is 0. The van der Waals surface area contributed by atoms with Crippen LogP contribution in [0.25, 0.3) is 0 Å². The number of esters is 3. The monoisotopic (exact) mass is 1080 g/mol. The molecule has 0 saturated carbocycles. The first-order valence-electron chi connectivity index (χ1n) is 32.5. The molecule has 0 spiro atoms. The molecule has 0 aliphatic carbocycles. The Morgan fingerprint density at radius 3 is 0.833 bits per heavy atom. The van der Waals surface area contributed by atoms with E-state index in [1.54, 1.807) is 0 Å². The summed E-state index contributed by atoms with van der Waals surface area (Å²) in [7, 11) is 0. The standard InChI is InChI=1S/C72H120O6/c1-4-7-10-13-16-19-22-25-28-31-33-35-37-38-41-44-47-50-53-56-59-62-65-71(74)77-68-69(67-76-70(73)64-61-58-55-52-49-46-43-40-30-27-24-21-18-15-12-9-6-3)78-72(75)66-63-60-57-54-51-48-45-42-39-36-34-32-29-26-23-20-17-14-11-8-5-2/h8-9,11-12,17-18,20-21,26-27,29-30,34,36,42-43,45-46,52,55,69H,4-7,10,13-16,19,22-25,28,31-33,35,37-41,44,47-51,53-54,56-68H2,1-3H3/b11-8-,12-9-,20-17-,21-18-,29-26-,30-27-,36-34-,45-42-,46-43-,55-52-. The fourth-order valence-electron chi connectivity index (χ4n) is 8.92. The topological polar surface area (TPSA) is 78.9 Å². The highest BCUT2D eigenvalue weighted by molar-refractivity contribution is 5.71. The predicted molar refractivity (Wildman–Crippen MR) is 339 cm³/mol. The quantitative estimate of drug-likeness (QED) is 0.0261. The fourth-order valence-corrected chi connectivity index (χ4v) is 8.92. The van der Waals surface area contributed by atoms with E-state index in [-0.39, 0.29) is 37.5 Å². The minimum absolute atomic E-state index is 0.104. The Labute approximate surface area is 482 Å². The van der Waals surface area contributed by atoms with Gasteiger partial charge in [0.05, 0.1) is 0 Å². The van der Waals surface area contributed by atoms with Crippen LogP contribution in [0.3, 0.4) is 0 Å². The molecule has 0 aromatic carbocycles. The summed E-state index contributed by atoms with van der Waals surface area (Å²) in [5.41, 5.74) is 0. The molecular weight excluding hydrogens is 961 g/mol. The lowest BCUT2D eigenvalue weighted by Crippen LogP contribution is -2.30. The van der Waals surface area contributed by atoms with Gasteiger partial charge in [-0.05, 0) is 103 Å². The van der Waals surface area contributed by atoms with E-state index in [9.17, 15) is 14.4 Å². The van der Waals surface area contributed by atoms with Crippen molar-refractivity contribution in [2.45, 2.75) is 303 Å². The summed E-state index contributed by atoms with van der Waals surface area (Å²) < 4.78 is 16.9. The van der Waals surface area contributed by atoms with Gasteiger partial charge in [-0.25, -0.2) is 0 Å². The number of unbranched alkanes of at least 4 members (excludes halogenated alkanes) is 27. The summed E-state index contributed by atoms with van der Waals surface area (Å²) in [6.07, 6.45) is 90.7. The van der Waals surface area contributed by atoms with Gasteiger partial charge in [0.15, 0.2) is 6.10 Å². The summed E-state index contributed by atoms with van der Waals surface area (Å²) >= 11 is 0. The van der Waals surface area contributed by atoms with E-state index in [2.05, 4.69) is 142 Å². The summed E-state index contributed by atoms with van der Waals surface area (Å²) in [6.45, 7) is 6.38. The van der Waals surface area contributed by atoms with E-state index in [1.165, 1.54) is 122 Å². The molecular formula is C72H120O6. The maximum Gasteiger partial charge on any atom is 0.306 e. The van der Waals surface area contributed by atoms with E-state index in [4.69, 9.17) is 14.2 Å². The SMILES string of the molecule is CC/C=C\C/C=C\C/C=C\C/C=C\C/C=C\CCCCCCCC(=O)OC(COC(=O)CCC/C=C\C/C=C\C/C=C\C/C=C\C/C=C\CC)COC(=O)CCCCCCCCCCCCCCCCCCCCCCCC. The van der Waals surface area contributed by atoms with Crippen LogP contribution in [0.1, 0.15) is 297 Å². The molecule has 0 aliphatic rings. The molecule has 0 amide bonds. The maximum atomic E-state index is 12.9. The maximum absolute atomic E-state index is 12.9. The van der Waals surface area contributed by atoms with Gasteiger partial charge >= 0.3 is 17.9 Å². The molecule has 6 heteroatoms. The normalized spacial score (nSPS) is 12.9. The molecule has 1 unspecified atom stereocenters. The molecule has 0 bridgehead atoms. The van der Waals surface area contributed by atoms with Crippen molar-refractivity contribution in [2.75, 3.05) is 13.2 Å². The molecule has 444 valence electrons. The first-order chi connectivity index (χ1) is 38.5. The number of carbonyl (C=O) groups excluding carboxylic acids is 3. The third-order valence-electron chi connectivity index (χ3n) is 13.7. The summed E-state index contributed by atoms with van der Waals surface area (Å²) in [4.78, 5) is 38.3. The molecule has 0 N–H and O–H groups in total. The summed E-state index contributed by atoms with van der Waals surface area (Å²) in [5, 5.41) is 0. The molecule has 1 atom stereocenters. The van der Waals surface area contributed by atoms with Crippen LogP contribution in [0.2, 0.25) is 0 Å². The van der Waals surface area contributed by atoms with Crippen molar-refractivity contribution in [3.8, 4) is 0 Å². The zero-order valence-electron chi connectivity index (χ0n) is 50.9. The first-order valence-corrected chi connectivity index (χ1v) is 32.5. The van der Waals surface area contributed by atoms with Crippen molar-refractivity contribution in [3.05, 3.63) is 122 Å². The largest absolute Gasteiger partial charge is 0.462 e. The Bertz CT molecular complexity index is 1620. The number of rotatable bonds is 58. The number of carbonyl (C=O) groups is 3. The molecule has 6 nitrogen and oxygen atoms in total. The average Bonchev–Trinajstić information content (AvgIpc) is 3.44. The number of hydrogen-bond acceptors (Lipinski definition) is 6.